The summed E-state index contributed by atoms with van der Waals surface area (Å²) in [6.07, 6.45) is 12.4. The van der Waals surface area contributed by atoms with Crippen LogP contribution in [-0.2, 0) is 4.79 Å². The largest absolute Gasteiger partial charge is 0.481 e. The lowest BCUT2D eigenvalue weighted by molar-refractivity contribution is -0.145. The molecule has 0 spiro atoms. The molecule has 2 unspecified atom stereocenters. The monoisotopic (exact) mass is 327 g/mol. The van der Waals surface area contributed by atoms with E-state index in [0.29, 0.717) is 5.92 Å². The van der Waals surface area contributed by atoms with Gasteiger partial charge in [-0.3, -0.25) is 4.79 Å². The zero-order chi connectivity index (χ0) is 17.5. The van der Waals surface area contributed by atoms with Crippen molar-refractivity contribution in [2.24, 2.45) is 17.8 Å². The molecule has 0 aromatic carbocycles. The zero-order valence-electron chi connectivity index (χ0n) is 16.1. The average Bonchev–Trinajstić information content (AvgIpc) is 2.50. The highest BCUT2D eigenvalue weighted by Gasteiger charge is 2.29. The van der Waals surface area contributed by atoms with Gasteiger partial charge in [0.1, 0.15) is 0 Å². The Morgan fingerprint density at radius 2 is 1.48 bits per heavy atom. The van der Waals surface area contributed by atoms with E-state index in [9.17, 15) is 9.90 Å². The van der Waals surface area contributed by atoms with Gasteiger partial charge in [0.05, 0.1) is 5.92 Å². The first-order chi connectivity index (χ1) is 11.0. The topological polar surface area (TPSA) is 49.3 Å². The highest BCUT2D eigenvalue weighted by Crippen LogP contribution is 2.28. The molecule has 0 saturated carbocycles. The van der Waals surface area contributed by atoms with Gasteiger partial charge in [-0.15, -0.1) is 0 Å². The van der Waals surface area contributed by atoms with Crippen LogP contribution in [0.5, 0.6) is 0 Å². The molecule has 138 valence electrons. The summed E-state index contributed by atoms with van der Waals surface area (Å²) in [4.78, 5) is 11.4. The summed E-state index contributed by atoms with van der Waals surface area (Å²) in [5.41, 5.74) is 0. The molecule has 0 aromatic heterocycles. The van der Waals surface area contributed by atoms with Crippen LogP contribution in [0.25, 0.3) is 0 Å². The zero-order valence-corrected chi connectivity index (χ0v) is 16.1. The van der Waals surface area contributed by atoms with E-state index in [1.165, 1.54) is 38.5 Å². The quantitative estimate of drug-likeness (QED) is 0.368. The van der Waals surface area contributed by atoms with E-state index in [0.717, 1.165) is 38.8 Å². The smallest absolute Gasteiger partial charge is 0.307 e. The second kappa shape index (κ2) is 15.0. The third kappa shape index (κ3) is 11.6. The van der Waals surface area contributed by atoms with E-state index >= 15 is 0 Å². The molecule has 0 amide bonds. The molecule has 3 nitrogen and oxygen atoms in total. The Kier molecular flexibility index (Phi) is 14.6. The molecular weight excluding hydrogens is 286 g/mol. The molecule has 0 fully saturated rings. The van der Waals surface area contributed by atoms with Crippen LogP contribution in [0.3, 0.4) is 0 Å². The van der Waals surface area contributed by atoms with Crippen LogP contribution in [0.4, 0.5) is 0 Å². The highest BCUT2D eigenvalue weighted by atomic mass is 16.4. The first-order valence-electron chi connectivity index (χ1n) is 9.98. The van der Waals surface area contributed by atoms with Crippen LogP contribution < -0.4 is 5.32 Å². The van der Waals surface area contributed by atoms with Gasteiger partial charge in [-0.05, 0) is 44.2 Å². The van der Waals surface area contributed by atoms with Crippen LogP contribution in [0.1, 0.15) is 91.9 Å². The molecule has 0 bridgehead atoms. The summed E-state index contributed by atoms with van der Waals surface area (Å²) in [6, 6.07) is 0. The Morgan fingerprint density at radius 3 is 2.00 bits per heavy atom. The van der Waals surface area contributed by atoms with Crippen LogP contribution >= 0.6 is 0 Å². The highest BCUT2D eigenvalue weighted by molar-refractivity contribution is 5.70. The third-order valence-electron chi connectivity index (χ3n) is 4.92. The fourth-order valence-corrected chi connectivity index (χ4v) is 3.48. The van der Waals surface area contributed by atoms with Gasteiger partial charge in [0.25, 0.3) is 0 Å². The van der Waals surface area contributed by atoms with Gasteiger partial charge in [0.2, 0.25) is 0 Å². The molecule has 0 aliphatic rings. The van der Waals surface area contributed by atoms with Crippen molar-refractivity contribution >= 4 is 5.97 Å². The fourth-order valence-electron chi connectivity index (χ4n) is 3.48. The molecule has 2 N–H and O–H groups in total. The van der Waals surface area contributed by atoms with Gasteiger partial charge in [0.15, 0.2) is 0 Å². The maximum Gasteiger partial charge on any atom is 0.307 e. The summed E-state index contributed by atoms with van der Waals surface area (Å²) < 4.78 is 0. The van der Waals surface area contributed by atoms with E-state index in [1.54, 1.807) is 0 Å². The van der Waals surface area contributed by atoms with Crippen molar-refractivity contribution in [2.45, 2.75) is 91.9 Å². The minimum atomic E-state index is -0.618. The molecule has 0 rings (SSSR count). The first kappa shape index (κ1) is 22.4. The lowest BCUT2D eigenvalue weighted by Gasteiger charge is -2.25. The van der Waals surface area contributed by atoms with Crippen molar-refractivity contribution in [1.29, 1.82) is 0 Å². The summed E-state index contributed by atoms with van der Waals surface area (Å²) in [5, 5.41) is 12.9. The van der Waals surface area contributed by atoms with E-state index in [-0.39, 0.29) is 11.8 Å². The minimum Gasteiger partial charge on any atom is -0.481 e. The van der Waals surface area contributed by atoms with E-state index < -0.39 is 5.97 Å². The predicted molar refractivity (Wildman–Crippen MR) is 99.8 cm³/mol. The molecule has 0 heterocycles. The first-order valence-corrected chi connectivity index (χ1v) is 9.98. The fraction of sp³-hybridized carbons (Fsp3) is 0.950. The summed E-state index contributed by atoms with van der Waals surface area (Å²) in [7, 11) is 0. The maximum atomic E-state index is 11.4. The van der Waals surface area contributed by atoms with Gasteiger partial charge < -0.3 is 10.4 Å². The van der Waals surface area contributed by atoms with E-state index in [2.05, 4.69) is 19.2 Å². The Morgan fingerprint density at radius 1 is 0.913 bits per heavy atom. The number of unbranched alkanes of at least 4 members (excludes halogenated alkanes) is 6. The number of carboxylic acids is 1. The predicted octanol–water partition coefficient (Wildman–Crippen LogP) is 5.49. The standard InChI is InChI=1S/C20H41NO2/c1-5-7-8-9-10-12-15-21-16-13-11-14-18(6-2)19(17(3)4)20(22)23/h17-19,21H,5-16H2,1-4H3,(H,22,23). The summed E-state index contributed by atoms with van der Waals surface area (Å²) in [5.74, 6) is -0.251. The number of aliphatic carboxylic acids is 1. The number of nitrogens with one attached hydrogen (secondary N) is 1. The molecule has 23 heavy (non-hydrogen) atoms. The molecule has 0 aliphatic carbocycles. The second-order valence-corrected chi connectivity index (χ2v) is 7.29. The van der Waals surface area contributed by atoms with Crippen LogP contribution in [-0.4, -0.2) is 24.2 Å². The molecular formula is C20H41NO2. The lowest BCUT2D eigenvalue weighted by atomic mass is 9.79. The van der Waals surface area contributed by atoms with Crippen LogP contribution in [0, 0.1) is 17.8 Å². The Hall–Kier alpha value is -0.570. The van der Waals surface area contributed by atoms with Crippen molar-refractivity contribution in [3.8, 4) is 0 Å². The number of carboxylic acid groups (broad SMARTS) is 1. The van der Waals surface area contributed by atoms with Crippen molar-refractivity contribution in [3.05, 3.63) is 0 Å². The van der Waals surface area contributed by atoms with Gasteiger partial charge in [0, 0.05) is 0 Å². The van der Waals surface area contributed by atoms with Gasteiger partial charge >= 0.3 is 5.97 Å². The number of hydrogen-bond donors (Lipinski definition) is 2. The van der Waals surface area contributed by atoms with Crippen LogP contribution in [0.2, 0.25) is 0 Å². The normalized spacial score (nSPS) is 14.1. The summed E-state index contributed by atoms with van der Waals surface area (Å²) in [6.45, 7) is 10.6. The van der Waals surface area contributed by atoms with Crippen molar-refractivity contribution < 1.29 is 9.90 Å². The van der Waals surface area contributed by atoms with Gasteiger partial charge in [-0.25, -0.2) is 0 Å². The molecule has 0 aromatic rings. The Labute approximate surface area is 144 Å². The molecule has 0 saturated heterocycles. The van der Waals surface area contributed by atoms with Gasteiger partial charge in [-0.2, -0.15) is 0 Å². The van der Waals surface area contributed by atoms with Crippen molar-refractivity contribution in [1.82, 2.24) is 5.32 Å². The maximum absolute atomic E-state index is 11.4. The number of carbonyl (C=O) groups is 1. The molecule has 3 heteroatoms. The number of rotatable bonds is 16. The van der Waals surface area contributed by atoms with Crippen molar-refractivity contribution in [3.63, 3.8) is 0 Å². The van der Waals surface area contributed by atoms with Crippen LogP contribution in [0.15, 0.2) is 0 Å². The average molecular weight is 328 g/mol. The Bertz CT molecular complexity index is 279. The SMILES string of the molecule is CCCCCCCCNCCCCC(CC)C(C(=O)O)C(C)C. The molecule has 2 atom stereocenters. The second-order valence-electron chi connectivity index (χ2n) is 7.29. The molecule has 0 radical (unpaired) electrons. The Balaban J connectivity index is 3.63. The van der Waals surface area contributed by atoms with Crippen molar-refractivity contribution in [2.75, 3.05) is 13.1 Å². The van der Waals surface area contributed by atoms with Gasteiger partial charge in [-0.1, -0.05) is 72.6 Å². The summed E-state index contributed by atoms with van der Waals surface area (Å²) >= 11 is 0. The van der Waals surface area contributed by atoms with E-state index in [4.69, 9.17) is 0 Å². The number of hydrogen-bond acceptors (Lipinski definition) is 2. The lowest BCUT2D eigenvalue weighted by Crippen LogP contribution is -2.28. The third-order valence-corrected chi connectivity index (χ3v) is 4.92. The molecule has 0 aliphatic heterocycles. The van der Waals surface area contributed by atoms with E-state index in [1.807, 2.05) is 13.8 Å². The minimum absolute atomic E-state index is 0.184.